The molecule has 10 nitrogen and oxygen atoms in total. The van der Waals surface area contributed by atoms with E-state index in [1.165, 1.54) is 0 Å². The van der Waals surface area contributed by atoms with Gasteiger partial charge in [0, 0.05) is 25.7 Å². The number of aromatic amines is 2. The van der Waals surface area contributed by atoms with Gasteiger partial charge in [0.1, 0.15) is 0 Å². The van der Waals surface area contributed by atoms with Gasteiger partial charge in [-0.2, -0.15) is 10.2 Å². The van der Waals surface area contributed by atoms with Crippen LogP contribution in [0.1, 0.15) is 11.4 Å². The van der Waals surface area contributed by atoms with Gasteiger partial charge in [0.15, 0.2) is 17.5 Å². The topological polar surface area (TPSA) is 114 Å². The van der Waals surface area contributed by atoms with Crippen molar-refractivity contribution in [3.8, 4) is 11.4 Å². The van der Waals surface area contributed by atoms with E-state index in [9.17, 15) is 0 Å². The highest BCUT2D eigenvalue weighted by molar-refractivity contribution is 5.78. The molecule has 2 N–H and O–H groups in total. The van der Waals surface area contributed by atoms with E-state index < -0.39 is 0 Å². The molecule has 0 aliphatic heterocycles. The van der Waals surface area contributed by atoms with Gasteiger partial charge in [-0.1, -0.05) is 30.3 Å². The Morgan fingerprint density at radius 1 is 0.800 bits per heavy atom. The van der Waals surface area contributed by atoms with E-state index in [2.05, 4.69) is 40.1 Å². The van der Waals surface area contributed by atoms with Crippen molar-refractivity contribution in [2.75, 3.05) is 24.1 Å². The number of hydrogen-bond acceptors (Lipinski definition) is 8. The molecule has 0 aliphatic carbocycles. The molecule has 30 heavy (non-hydrogen) atoms. The molecule has 0 aliphatic rings. The summed E-state index contributed by atoms with van der Waals surface area (Å²) in [5.74, 6) is 1.83. The number of nitrogens with one attached hydrogen (secondary N) is 2. The molecule has 0 spiro atoms. The van der Waals surface area contributed by atoms with E-state index in [1.54, 1.807) is 47.5 Å². The van der Waals surface area contributed by atoms with Gasteiger partial charge in [0.25, 0.3) is 0 Å². The van der Waals surface area contributed by atoms with E-state index in [0.29, 0.717) is 17.5 Å². The second kappa shape index (κ2) is 8.78. The van der Waals surface area contributed by atoms with Crippen LogP contribution < -0.4 is 10.0 Å². The molecule has 0 bridgehead atoms. The van der Waals surface area contributed by atoms with E-state index in [1.807, 2.05) is 50.5 Å². The molecule has 0 fully saturated rings. The Hall–Kier alpha value is -4.34. The maximum Gasteiger partial charge on any atom is 0.164 e. The monoisotopic (exact) mass is 400 g/mol. The summed E-state index contributed by atoms with van der Waals surface area (Å²) in [6.07, 6.45) is 9.94. The van der Waals surface area contributed by atoms with Crippen molar-refractivity contribution in [2.45, 2.75) is 0 Å². The molecular formula is C20H20N10. The third kappa shape index (κ3) is 4.55. The first-order valence-electron chi connectivity index (χ1n) is 9.16. The van der Waals surface area contributed by atoms with E-state index in [-0.39, 0.29) is 0 Å². The van der Waals surface area contributed by atoms with Crippen molar-refractivity contribution >= 4 is 24.1 Å². The Morgan fingerprint density at radius 3 is 1.80 bits per heavy atom. The molecule has 0 amide bonds. The molecule has 0 saturated carbocycles. The Kier molecular flexibility index (Phi) is 5.56. The molecule has 0 atom stereocenters. The minimum atomic E-state index is 0.579. The molecule has 3 heterocycles. The largest absolute Gasteiger partial charge is 0.344 e. The van der Waals surface area contributed by atoms with Crippen LogP contribution in [0, 0.1) is 0 Å². The van der Waals surface area contributed by atoms with Crippen molar-refractivity contribution in [1.82, 2.24) is 29.9 Å². The first kappa shape index (κ1) is 19.0. The molecule has 4 aromatic rings. The number of hydrogen-bond donors (Lipinski definition) is 2. The summed E-state index contributed by atoms with van der Waals surface area (Å²) in [6, 6.07) is 11.6. The fourth-order valence-electron chi connectivity index (χ4n) is 2.56. The zero-order valence-electron chi connectivity index (χ0n) is 16.5. The highest BCUT2D eigenvalue weighted by Crippen LogP contribution is 2.24. The molecular weight excluding hydrogens is 380 g/mol. The molecule has 0 radical (unpaired) electrons. The Balaban J connectivity index is 1.67. The summed E-state index contributed by atoms with van der Waals surface area (Å²) in [5.41, 5.74) is 2.49. The Bertz CT molecular complexity index is 1050. The fourth-order valence-corrected chi connectivity index (χ4v) is 2.56. The number of nitrogens with zero attached hydrogens (tertiary/aromatic N) is 8. The average Bonchev–Trinajstić information content (AvgIpc) is 3.50. The van der Waals surface area contributed by atoms with Crippen LogP contribution in [0.5, 0.6) is 0 Å². The predicted molar refractivity (Wildman–Crippen MR) is 117 cm³/mol. The predicted octanol–water partition coefficient (Wildman–Crippen LogP) is 2.53. The van der Waals surface area contributed by atoms with Crippen molar-refractivity contribution in [2.24, 2.45) is 10.2 Å². The van der Waals surface area contributed by atoms with Gasteiger partial charge in [0.2, 0.25) is 0 Å². The quantitative estimate of drug-likeness (QED) is 0.364. The molecule has 0 saturated heterocycles. The van der Waals surface area contributed by atoms with Crippen LogP contribution in [-0.4, -0.2) is 56.4 Å². The van der Waals surface area contributed by atoms with Crippen LogP contribution in [0.4, 0.5) is 11.6 Å². The zero-order valence-corrected chi connectivity index (χ0v) is 16.5. The lowest BCUT2D eigenvalue weighted by molar-refractivity contribution is 0.935. The summed E-state index contributed by atoms with van der Waals surface area (Å²) < 4.78 is 0. The minimum absolute atomic E-state index is 0.579. The van der Waals surface area contributed by atoms with Crippen LogP contribution >= 0.6 is 0 Å². The second-order valence-electron chi connectivity index (χ2n) is 6.32. The second-order valence-corrected chi connectivity index (χ2v) is 6.32. The number of H-pyrrole nitrogens is 2. The summed E-state index contributed by atoms with van der Waals surface area (Å²) in [6.45, 7) is 0. The lowest BCUT2D eigenvalue weighted by Crippen LogP contribution is -2.16. The van der Waals surface area contributed by atoms with Crippen molar-refractivity contribution < 1.29 is 0 Å². The summed E-state index contributed by atoms with van der Waals surface area (Å²) >= 11 is 0. The first-order chi connectivity index (χ1) is 14.7. The summed E-state index contributed by atoms with van der Waals surface area (Å²) in [4.78, 5) is 23.3. The first-order valence-corrected chi connectivity index (χ1v) is 9.16. The lowest BCUT2D eigenvalue weighted by Gasteiger charge is -2.17. The van der Waals surface area contributed by atoms with Crippen molar-refractivity contribution in [3.63, 3.8) is 0 Å². The highest BCUT2D eigenvalue weighted by atomic mass is 15.5. The van der Waals surface area contributed by atoms with Crippen molar-refractivity contribution in [1.29, 1.82) is 0 Å². The fraction of sp³-hybridized carbons (Fsp3) is 0.100. The van der Waals surface area contributed by atoms with Gasteiger partial charge in [-0.3, -0.25) is 10.0 Å². The van der Waals surface area contributed by atoms with Crippen molar-refractivity contribution in [3.05, 3.63) is 72.8 Å². The molecule has 1 aromatic carbocycles. The van der Waals surface area contributed by atoms with Crippen LogP contribution in [-0.2, 0) is 0 Å². The Morgan fingerprint density at radius 2 is 1.33 bits per heavy atom. The number of benzene rings is 1. The van der Waals surface area contributed by atoms with E-state index in [0.717, 1.165) is 17.0 Å². The molecule has 10 heteroatoms. The van der Waals surface area contributed by atoms with Gasteiger partial charge in [0.05, 0.1) is 48.9 Å². The van der Waals surface area contributed by atoms with E-state index in [4.69, 9.17) is 0 Å². The van der Waals surface area contributed by atoms with Crippen LogP contribution in [0.15, 0.2) is 71.6 Å². The van der Waals surface area contributed by atoms with Gasteiger partial charge in [-0.25, -0.2) is 19.9 Å². The number of rotatable bonds is 7. The number of anilines is 2. The van der Waals surface area contributed by atoms with Crippen LogP contribution in [0.2, 0.25) is 0 Å². The van der Waals surface area contributed by atoms with Crippen LogP contribution in [0.25, 0.3) is 11.4 Å². The van der Waals surface area contributed by atoms with Gasteiger partial charge in [-0.15, -0.1) is 0 Å². The smallest absolute Gasteiger partial charge is 0.164 e. The standard InChI is InChI=1S/C20H20N10/c1-29(25-11-16-9-21-13-23-16)18-8-19(30(2)26-12-17-10-22-14-24-17)28-20(27-18)15-6-4-3-5-7-15/h3-14H,1-2H3,(H,21,23)(H,22,24)/b25-11+,26-12+. The summed E-state index contributed by atoms with van der Waals surface area (Å²) in [5, 5.41) is 12.2. The summed E-state index contributed by atoms with van der Waals surface area (Å²) in [7, 11) is 3.64. The minimum Gasteiger partial charge on any atom is -0.344 e. The number of imidazole rings is 2. The highest BCUT2D eigenvalue weighted by Gasteiger charge is 2.12. The lowest BCUT2D eigenvalue weighted by atomic mass is 10.2. The average molecular weight is 400 g/mol. The number of hydrazone groups is 2. The SMILES string of the molecule is CN(/N=C/c1cnc[nH]1)c1cc(N(C)/N=C/c2cnc[nH]2)nc(-c2ccccc2)n1. The van der Waals surface area contributed by atoms with Crippen LogP contribution in [0.3, 0.4) is 0 Å². The van der Waals surface area contributed by atoms with Gasteiger partial charge in [-0.05, 0) is 0 Å². The third-order valence-corrected chi connectivity index (χ3v) is 4.17. The third-order valence-electron chi connectivity index (χ3n) is 4.17. The molecule has 0 unspecified atom stereocenters. The molecule has 3 aromatic heterocycles. The number of aromatic nitrogens is 6. The molecule has 150 valence electrons. The normalized spacial score (nSPS) is 11.4. The van der Waals surface area contributed by atoms with Gasteiger partial charge < -0.3 is 9.97 Å². The Labute approximate surface area is 173 Å². The van der Waals surface area contributed by atoms with Gasteiger partial charge >= 0.3 is 0 Å². The maximum absolute atomic E-state index is 4.68. The maximum atomic E-state index is 4.68. The zero-order chi connectivity index (χ0) is 20.8. The van der Waals surface area contributed by atoms with E-state index >= 15 is 0 Å². The molecule has 4 rings (SSSR count).